The van der Waals surface area contributed by atoms with Gasteiger partial charge < -0.3 is 10.5 Å². The molecule has 0 bridgehead atoms. The average molecular weight is 492 g/mol. The normalized spacial score (nSPS) is 15.5. The first-order valence-corrected chi connectivity index (χ1v) is 12.7. The first-order chi connectivity index (χ1) is 16.6. The van der Waals surface area contributed by atoms with Crippen LogP contribution in [0, 0.1) is 20.8 Å². The summed E-state index contributed by atoms with van der Waals surface area (Å²) in [6.07, 6.45) is 5.09. The van der Waals surface area contributed by atoms with Crippen LogP contribution in [-0.2, 0) is 9.53 Å². The highest BCUT2D eigenvalue weighted by Gasteiger charge is 2.33. The van der Waals surface area contributed by atoms with Crippen molar-refractivity contribution >= 4 is 29.1 Å². The van der Waals surface area contributed by atoms with Crippen LogP contribution in [0.25, 0.3) is 11.1 Å². The molecular formula is C27H33N5O2S. The van der Waals surface area contributed by atoms with Crippen LogP contribution < -0.4 is 5.73 Å². The van der Waals surface area contributed by atoms with Crippen LogP contribution in [-0.4, -0.2) is 38.6 Å². The van der Waals surface area contributed by atoms with E-state index in [4.69, 9.17) is 15.5 Å². The highest BCUT2D eigenvalue weighted by molar-refractivity contribution is 7.15. The molecule has 0 saturated carbocycles. The van der Waals surface area contributed by atoms with Crippen LogP contribution in [0.2, 0.25) is 0 Å². The smallest absolute Gasteiger partial charge is 0.308 e. The largest absolute Gasteiger partial charge is 0.460 e. The number of ether oxygens (including phenoxy) is 1. The third-order valence-corrected chi connectivity index (χ3v) is 7.04. The summed E-state index contributed by atoms with van der Waals surface area (Å²) in [4.78, 5) is 19.2. The number of hydrogen-bond donors (Lipinski definition) is 1. The summed E-state index contributed by atoms with van der Waals surface area (Å²) in [5.41, 5.74) is 10.2. The fourth-order valence-electron chi connectivity index (χ4n) is 4.13. The number of aliphatic imine (C=N–C) groups is 1. The predicted molar refractivity (Wildman–Crippen MR) is 141 cm³/mol. The van der Waals surface area contributed by atoms with E-state index >= 15 is 0 Å². The number of nitrogens with two attached hydrogens (primary N) is 1. The quantitative estimate of drug-likeness (QED) is 0.476. The lowest BCUT2D eigenvalue weighted by molar-refractivity contribution is -0.155. The number of hydrogen-bond acceptors (Lipinski definition) is 7. The van der Waals surface area contributed by atoms with E-state index in [2.05, 4.69) is 65.0 Å². The van der Waals surface area contributed by atoms with Gasteiger partial charge in [-0.05, 0) is 65.6 Å². The minimum absolute atomic E-state index is 0.0891. The van der Waals surface area contributed by atoms with Gasteiger partial charge in [0, 0.05) is 16.0 Å². The van der Waals surface area contributed by atoms with Gasteiger partial charge in [0.15, 0.2) is 5.82 Å². The van der Waals surface area contributed by atoms with E-state index in [1.54, 1.807) is 11.3 Å². The summed E-state index contributed by atoms with van der Waals surface area (Å²) in [5.74, 6) is 1.12. The Morgan fingerprint density at radius 3 is 2.54 bits per heavy atom. The van der Waals surface area contributed by atoms with Gasteiger partial charge in [0.25, 0.3) is 0 Å². The summed E-state index contributed by atoms with van der Waals surface area (Å²) in [5, 5.41) is 9.83. The van der Waals surface area contributed by atoms with Gasteiger partial charge in [0.2, 0.25) is 0 Å². The zero-order valence-corrected chi connectivity index (χ0v) is 22.1. The van der Waals surface area contributed by atoms with Crippen LogP contribution in [0.3, 0.4) is 0 Å². The van der Waals surface area contributed by atoms with Gasteiger partial charge in [-0.1, -0.05) is 36.4 Å². The maximum atomic E-state index is 12.8. The third-order valence-electron chi connectivity index (χ3n) is 5.85. The van der Waals surface area contributed by atoms with E-state index in [0.29, 0.717) is 12.4 Å². The van der Waals surface area contributed by atoms with E-state index in [-0.39, 0.29) is 12.4 Å². The monoisotopic (exact) mass is 491 g/mol. The van der Waals surface area contributed by atoms with Crippen molar-refractivity contribution in [3.05, 3.63) is 69.1 Å². The van der Waals surface area contributed by atoms with Crippen LogP contribution in [0.15, 0.2) is 35.3 Å². The Hall–Kier alpha value is -3.10. The molecule has 1 aliphatic rings. The zero-order valence-electron chi connectivity index (χ0n) is 21.3. The van der Waals surface area contributed by atoms with Crippen LogP contribution in [0.5, 0.6) is 0 Å². The average Bonchev–Trinajstić information content (AvgIpc) is 3.25. The predicted octanol–water partition coefficient (Wildman–Crippen LogP) is 5.24. The molecule has 4 rings (SSSR count). The first-order valence-electron chi connectivity index (χ1n) is 11.9. The van der Waals surface area contributed by atoms with Crippen molar-refractivity contribution in [3.63, 3.8) is 0 Å². The van der Waals surface area contributed by atoms with Crippen molar-refractivity contribution in [1.29, 1.82) is 0 Å². The summed E-state index contributed by atoms with van der Waals surface area (Å²) in [6.45, 7) is 12.4. The van der Waals surface area contributed by atoms with Crippen molar-refractivity contribution in [2.24, 2.45) is 10.7 Å². The zero-order chi connectivity index (χ0) is 25.3. The molecule has 0 aliphatic carbocycles. The second-order valence-corrected chi connectivity index (χ2v) is 11.0. The van der Waals surface area contributed by atoms with Crippen molar-refractivity contribution in [2.45, 2.75) is 66.0 Å². The Bertz CT molecular complexity index is 1290. The van der Waals surface area contributed by atoms with Crippen molar-refractivity contribution in [1.82, 2.24) is 14.8 Å². The van der Waals surface area contributed by atoms with Crippen LogP contribution in [0.1, 0.15) is 78.4 Å². The Labute approximate surface area is 210 Å². The number of thiophene rings is 1. The number of esters is 1. The highest BCUT2D eigenvalue weighted by atomic mass is 32.1. The molecule has 1 aromatic carbocycles. The molecule has 0 spiro atoms. The van der Waals surface area contributed by atoms with Gasteiger partial charge in [-0.25, -0.2) is 0 Å². The highest BCUT2D eigenvalue weighted by Crippen LogP contribution is 2.39. The Morgan fingerprint density at radius 2 is 1.89 bits per heavy atom. The molecule has 8 heteroatoms. The molecule has 0 saturated heterocycles. The lowest BCUT2D eigenvalue weighted by Crippen LogP contribution is -2.25. The number of aromatic nitrogens is 3. The minimum Gasteiger partial charge on any atom is -0.460 e. The van der Waals surface area contributed by atoms with Crippen LogP contribution >= 0.6 is 11.3 Å². The Balaban J connectivity index is 1.83. The molecule has 0 radical (unpaired) electrons. The van der Waals surface area contributed by atoms with Crippen molar-refractivity contribution in [2.75, 3.05) is 6.54 Å². The first kappa shape index (κ1) is 25.0. The molecule has 1 aliphatic heterocycles. The van der Waals surface area contributed by atoms with Gasteiger partial charge in [0.1, 0.15) is 22.5 Å². The second-order valence-electron chi connectivity index (χ2n) is 9.79. The van der Waals surface area contributed by atoms with Crippen molar-refractivity contribution < 1.29 is 9.53 Å². The maximum Gasteiger partial charge on any atom is 0.308 e. The van der Waals surface area contributed by atoms with E-state index in [9.17, 15) is 4.79 Å². The molecule has 2 aromatic heterocycles. The number of carbonyl (C=O) groups is 1. The molecule has 35 heavy (non-hydrogen) atoms. The van der Waals surface area contributed by atoms with Gasteiger partial charge in [-0.3, -0.25) is 14.4 Å². The van der Waals surface area contributed by atoms with Gasteiger partial charge in [0.05, 0.1) is 12.1 Å². The summed E-state index contributed by atoms with van der Waals surface area (Å²) < 4.78 is 7.68. The van der Waals surface area contributed by atoms with Gasteiger partial charge in [-0.15, -0.1) is 21.5 Å². The topological polar surface area (TPSA) is 95.4 Å². The van der Waals surface area contributed by atoms with Gasteiger partial charge >= 0.3 is 5.97 Å². The SMILES string of the molecule is Cc1sc2c(c1C)C(c1ccc(C=CCCN)cc1)=NC(CC(=O)OC(C)(C)C)c1nnc(C)n1-2. The Kier molecular flexibility index (Phi) is 7.05. The summed E-state index contributed by atoms with van der Waals surface area (Å²) >= 11 is 1.70. The lowest BCUT2D eigenvalue weighted by atomic mass is 9.98. The molecular weight excluding hydrogens is 458 g/mol. The van der Waals surface area contributed by atoms with Gasteiger partial charge in [-0.2, -0.15) is 0 Å². The van der Waals surface area contributed by atoms with E-state index in [0.717, 1.165) is 39.6 Å². The summed E-state index contributed by atoms with van der Waals surface area (Å²) in [7, 11) is 0. The Morgan fingerprint density at radius 1 is 1.17 bits per heavy atom. The molecule has 1 atom stereocenters. The number of rotatable bonds is 6. The molecule has 0 amide bonds. The molecule has 3 aromatic rings. The standard InChI is InChI=1S/C27H33N5O2S/c1-16-17(2)35-26-23(16)24(20-12-10-19(11-13-20)9-7-8-14-28)29-21(15-22(33)34-27(4,5)6)25-31-30-18(3)32(25)26/h7,9-13,21H,8,14-15,28H2,1-6H3. The van der Waals surface area contributed by atoms with E-state index in [1.165, 1.54) is 10.4 Å². The summed E-state index contributed by atoms with van der Waals surface area (Å²) in [6, 6.07) is 7.82. The third kappa shape index (κ3) is 5.28. The molecule has 3 heterocycles. The fraction of sp³-hybridized carbons (Fsp3) is 0.407. The number of benzene rings is 1. The lowest BCUT2D eigenvalue weighted by Gasteiger charge is -2.21. The van der Waals surface area contributed by atoms with Crippen LogP contribution in [0.4, 0.5) is 0 Å². The van der Waals surface area contributed by atoms with Crippen molar-refractivity contribution in [3.8, 4) is 5.00 Å². The van der Waals surface area contributed by atoms with E-state index in [1.807, 2.05) is 27.7 Å². The minimum atomic E-state index is -0.572. The number of aryl methyl sites for hydroxylation is 2. The van der Waals surface area contributed by atoms with E-state index < -0.39 is 11.6 Å². The number of nitrogens with zero attached hydrogens (tertiary/aromatic N) is 4. The molecule has 184 valence electrons. The molecule has 1 unspecified atom stereocenters. The molecule has 7 nitrogen and oxygen atoms in total. The maximum absolute atomic E-state index is 12.8. The molecule has 0 fully saturated rings. The fourth-order valence-corrected chi connectivity index (χ4v) is 5.35. The second kappa shape index (κ2) is 9.87. The molecule has 2 N–H and O–H groups in total. The number of fused-ring (bicyclic) bond motifs is 3. The number of carbonyl (C=O) groups excluding carboxylic acids is 1.